The van der Waals surface area contributed by atoms with Crippen LogP contribution in [-0.4, -0.2) is 52.6 Å². The summed E-state index contributed by atoms with van der Waals surface area (Å²) in [4.78, 5) is 24.7. The molecule has 0 saturated carbocycles. The topological polar surface area (TPSA) is 119 Å². The Bertz CT molecular complexity index is 1140. The zero-order chi connectivity index (χ0) is 22.4. The monoisotopic (exact) mass is 440 g/mol. The molecule has 0 spiro atoms. The van der Waals surface area contributed by atoms with Crippen LogP contribution in [0.3, 0.4) is 0 Å². The number of nitrogens with zero attached hydrogens (tertiary/aromatic N) is 4. The molecule has 0 aliphatic rings. The van der Waals surface area contributed by atoms with Gasteiger partial charge in [-0.25, -0.2) is 9.79 Å². The Morgan fingerprint density at radius 2 is 1.90 bits per heavy atom. The summed E-state index contributed by atoms with van der Waals surface area (Å²) in [5.74, 6) is 1.21. The number of aromatic hydroxyl groups is 1. The van der Waals surface area contributed by atoms with Crippen molar-refractivity contribution in [3.8, 4) is 22.9 Å². The van der Waals surface area contributed by atoms with E-state index in [1.165, 1.54) is 32.0 Å². The van der Waals surface area contributed by atoms with Gasteiger partial charge in [0.1, 0.15) is 10.8 Å². The number of hydrogen-bond donors (Lipinski definition) is 1. The standard InChI is InChI=1S/C21H20N4O5S/c1-12-22-19(25-30-12)13-5-8-15(9-6-13)23-18(20(31-4)24-21(27)29-3)14-7-10-16(26)17(11-14)28-2/h5-11,26H,1-4H3/b23-18-,24-20-. The van der Waals surface area contributed by atoms with E-state index in [2.05, 4.69) is 24.9 Å². The summed E-state index contributed by atoms with van der Waals surface area (Å²) in [6, 6.07) is 12.0. The maximum absolute atomic E-state index is 11.8. The Hall–Kier alpha value is -3.66. The number of thioether (sulfide) groups is 1. The van der Waals surface area contributed by atoms with Crippen molar-refractivity contribution in [1.82, 2.24) is 10.1 Å². The SMILES string of the molecule is COC(=O)/N=C(SC)/C(=N\c1ccc(-c2noc(C)n2)cc1)c1ccc(O)c(OC)c1. The van der Waals surface area contributed by atoms with E-state index >= 15 is 0 Å². The minimum absolute atomic E-state index is 0.0130. The number of carbonyl (C=O) groups is 1. The van der Waals surface area contributed by atoms with Crippen molar-refractivity contribution in [2.45, 2.75) is 6.92 Å². The van der Waals surface area contributed by atoms with Gasteiger partial charge in [-0.3, -0.25) is 0 Å². The van der Waals surface area contributed by atoms with E-state index in [1.54, 1.807) is 37.4 Å². The van der Waals surface area contributed by atoms with Crippen LogP contribution in [0.2, 0.25) is 0 Å². The average Bonchev–Trinajstić information content (AvgIpc) is 3.23. The lowest BCUT2D eigenvalue weighted by Crippen LogP contribution is -2.14. The van der Waals surface area contributed by atoms with Crippen LogP contribution in [0.5, 0.6) is 11.5 Å². The molecule has 1 amide bonds. The fourth-order valence-electron chi connectivity index (χ4n) is 2.62. The van der Waals surface area contributed by atoms with Gasteiger partial charge in [0.25, 0.3) is 0 Å². The molecule has 2 aromatic carbocycles. The number of rotatable bonds is 5. The molecule has 31 heavy (non-hydrogen) atoms. The molecule has 0 radical (unpaired) electrons. The van der Waals surface area contributed by atoms with Gasteiger partial charge < -0.3 is 19.1 Å². The number of phenols is 1. The molecular formula is C21H20N4O5S. The van der Waals surface area contributed by atoms with Crippen LogP contribution in [0.4, 0.5) is 10.5 Å². The van der Waals surface area contributed by atoms with Gasteiger partial charge >= 0.3 is 6.09 Å². The van der Waals surface area contributed by atoms with E-state index in [-0.39, 0.29) is 11.5 Å². The number of aromatic nitrogens is 2. The summed E-state index contributed by atoms with van der Waals surface area (Å²) in [5, 5.41) is 14.2. The van der Waals surface area contributed by atoms with Gasteiger partial charge in [-0.15, -0.1) is 11.8 Å². The van der Waals surface area contributed by atoms with Crippen LogP contribution < -0.4 is 4.74 Å². The molecule has 1 N–H and O–H groups in total. The number of ether oxygens (including phenoxy) is 2. The molecule has 0 saturated heterocycles. The highest BCUT2D eigenvalue weighted by molar-refractivity contribution is 8.15. The van der Waals surface area contributed by atoms with Crippen LogP contribution in [0, 0.1) is 6.92 Å². The third-order valence-electron chi connectivity index (χ3n) is 4.11. The largest absolute Gasteiger partial charge is 0.504 e. The van der Waals surface area contributed by atoms with Crippen LogP contribution in [0.1, 0.15) is 11.5 Å². The van der Waals surface area contributed by atoms with Crippen molar-refractivity contribution < 1.29 is 23.9 Å². The molecule has 0 bridgehead atoms. The molecule has 1 aromatic heterocycles. The maximum atomic E-state index is 11.8. The first-order valence-corrected chi connectivity index (χ1v) is 10.3. The number of phenolic OH excluding ortho intramolecular Hbond substituents is 1. The van der Waals surface area contributed by atoms with E-state index in [9.17, 15) is 9.90 Å². The quantitative estimate of drug-likeness (QED) is 0.458. The minimum atomic E-state index is -0.745. The highest BCUT2D eigenvalue weighted by Gasteiger charge is 2.16. The molecule has 0 unspecified atom stereocenters. The lowest BCUT2D eigenvalue weighted by Gasteiger charge is -2.11. The van der Waals surface area contributed by atoms with Gasteiger partial charge in [0.15, 0.2) is 11.5 Å². The first-order valence-electron chi connectivity index (χ1n) is 9.03. The number of methoxy groups -OCH3 is 2. The molecule has 0 atom stereocenters. The Morgan fingerprint density at radius 3 is 2.48 bits per heavy atom. The molecule has 3 aromatic rings. The molecule has 10 heteroatoms. The second-order valence-corrected chi connectivity index (χ2v) is 6.92. The van der Waals surface area contributed by atoms with Gasteiger partial charge in [-0.2, -0.15) is 9.98 Å². The number of amides is 1. The Balaban J connectivity index is 2.08. The minimum Gasteiger partial charge on any atom is -0.504 e. The van der Waals surface area contributed by atoms with Crippen LogP contribution in [-0.2, 0) is 4.74 Å². The van der Waals surface area contributed by atoms with E-state index in [0.717, 1.165) is 5.56 Å². The second kappa shape index (κ2) is 9.90. The predicted molar refractivity (Wildman–Crippen MR) is 119 cm³/mol. The summed E-state index contributed by atoms with van der Waals surface area (Å²) < 4.78 is 14.9. The lowest BCUT2D eigenvalue weighted by atomic mass is 10.1. The first kappa shape index (κ1) is 22.0. The van der Waals surface area contributed by atoms with Crippen molar-refractivity contribution in [1.29, 1.82) is 0 Å². The van der Waals surface area contributed by atoms with Crippen LogP contribution >= 0.6 is 11.8 Å². The van der Waals surface area contributed by atoms with Crippen molar-refractivity contribution in [3.05, 3.63) is 53.9 Å². The summed E-state index contributed by atoms with van der Waals surface area (Å²) in [7, 11) is 2.70. The van der Waals surface area contributed by atoms with Gasteiger partial charge in [0, 0.05) is 18.1 Å². The predicted octanol–water partition coefficient (Wildman–Crippen LogP) is 4.41. The molecule has 0 aliphatic carbocycles. The zero-order valence-electron chi connectivity index (χ0n) is 17.3. The average molecular weight is 440 g/mol. The molecule has 160 valence electrons. The van der Waals surface area contributed by atoms with E-state index in [0.29, 0.717) is 33.7 Å². The molecule has 0 aliphatic heterocycles. The number of aryl methyl sites for hydroxylation is 1. The van der Waals surface area contributed by atoms with E-state index < -0.39 is 6.09 Å². The fraction of sp³-hybridized carbons (Fsp3) is 0.190. The molecule has 1 heterocycles. The molecule has 0 fully saturated rings. The maximum Gasteiger partial charge on any atom is 0.434 e. The van der Waals surface area contributed by atoms with Crippen LogP contribution in [0.15, 0.2) is 57.0 Å². The Morgan fingerprint density at radius 1 is 1.16 bits per heavy atom. The number of hydrogen-bond acceptors (Lipinski definition) is 9. The van der Waals surface area contributed by atoms with Gasteiger partial charge in [-0.05, 0) is 48.7 Å². The Labute approximate surface area is 182 Å². The third-order valence-corrected chi connectivity index (χ3v) is 4.78. The lowest BCUT2D eigenvalue weighted by molar-refractivity contribution is 0.183. The zero-order valence-corrected chi connectivity index (χ0v) is 18.1. The highest BCUT2D eigenvalue weighted by Crippen LogP contribution is 2.29. The van der Waals surface area contributed by atoms with Crippen molar-refractivity contribution in [2.75, 3.05) is 20.5 Å². The van der Waals surface area contributed by atoms with E-state index in [4.69, 9.17) is 9.26 Å². The fourth-order valence-corrected chi connectivity index (χ4v) is 3.14. The van der Waals surface area contributed by atoms with Crippen molar-refractivity contribution in [2.24, 2.45) is 9.98 Å². The summed E-state index contributed by atoms with van der Waals surface area (Å²) in [6.07, 6.45) is 1.03. The van der Waals surface area contributed by atoms with Crippen molar-refractivity contribution >= 4 is 34.3 Å². The smallest absolute Gasteiger partial charge is 0.434 e. The van der Waals surface area contributed by atoms with E-state index in [1.807, 2.05) is 12.1 Å². The summed E-state index contributed by atoms with van der Waals surface area (Å²) in [6.45, 7) is 1.72. The normalized spacial score (nSPS) is 12.0. The number of benzene rings is 2. The van der Waals surface area contributed by atoms with Crippen molar-refractivity contribution in [3.63, 3.8) is 0 Å². The van der Waals surface area contributed by atoms with Gasteiger partial charge in [0.2, 0.25) is 11.7 Å². The summed E-state index contributed by atoms with van der Waals surface area (Å²) in [5.41, 5.74) is 2.40. The first-order chi connectivity index (χ1) is 14.9. The third kappa shape index (κ3) is 5.28. The number of carbonyl (C=O) groups excluding carboxylic acids is 1. The molecule has 3 rings (SSSR count). The second-order valence-electron chi connectivity index (χ2n) is 6.12. The van der Waals surface area contributed by atoms with Gasteiger partial charge in [0.05, 0.1) is 19.9 Å². The summed E-state index contributed by atoms with van der Waals surface area (Å²) >= 11 is 1.24. The molecular weight excluding hydrogens is 420 g/mol. The highest BCUT2D eigenvalue weighted by atomic mass is 32.2. The number of aliphatic imine (C=N–C) groups is 2. The molecule has 9 nitrogen and oxygen atoms in total. The van der Waals surface area contributed by atoms with Gasteiger partial charge in [-0.1, -0.05) is 5.16 Å². The Kier molecular flexibility index (Phi) is 7.03. The van der Waals surface area contributed by atoms with Crippen LogP contribution in [0.25, 0.3) is 11.4 Å².